The third kappa shape index (κ3) is 2.61. The molecule has 2 rings (SSSR count). The Kier molecular flexibility index (Phi) is 4.27. The molecule has 0 fully saturated rings. The highest BCUT2D eigenvalue weighted by molar-refractivity contribution is 9.11. The van der Waals surface area contributed by atoms with Crippen molar-refractivity contribution in [1.29, 1.82) is 0 Å². The van der Waals surface area contributed by atoms with Crippen LogP contribution in [0, 0.1) is 6.92 Å². The van der Waals surface area contributed by atoms with E-state index in [4.69, 9.17) is 0 Å². The summed E-state index contributed by atoms with van der Waals surface area (Å²) in [4.78, 5) is 4.55. The molecule has 0 bridgehead atoms. The molecule has 0 amide bonds. The lowest BCUT2D eigenvalue weighted by Crippen LogP contribution is -1.83. The summed E-state index contributed by atoms with van der Waals surface area (Å²) in [5, 5.41) is 0. The van der Waals surface area contributed by atoms with Gasteiger partial charge in [-0.05, 0) is 53.0 Å². The molecular formula is C12H12Br2S2. The number of rotatable bonds is 3. The van der Waals surface area contributed by atoms with E-state index >= 15 is 0 Å². The van der Waals surface area contributed by atoms with Gasteiger partial charge in [-0.25, -0.2) is 0 Å². The van der Waals surface area contributed by atoms with Gasteiger partial charge in [0, 0.05) is 14.6 Å². The molecule has 0 saturated heterocycles. The molecule has 16 heavy (non-hydrogen) atoms. The van der Waals surface area contributed by atoms with Gasteiger partial charge >= 0.3 is 0 Å². The molecule has 86 valence electrons. The van der Waals surface area contributed by atoms with Crippen LogP contribution in [0.2, 0.25) is 0 Å². The summed E-state index contributed by atoms with van der Waals surface area (Å²) in [7, 11) is 0. The summed E-state index contributed by atoms with van der Waals surface area (Å²) < 4.78 is 1.24. The highest BCUT2D eigenvalue weighted by Crippen LogP contribution is 2.41. The smallest absolute Gasteiger partial charge is 0.0831 e. The summed E-state index contributed by atoms with van der Waals surface area (Å²) in [6, 6.07) is 6.70. The number of aryl methyl sites for hydroxylation is 2. The number of hydrogen-bond acceptors (Lipinski definition) is 2. The number of alkyl halides is 1. The first kappa shape index (κ1) is 12.8. The summed E-state index contributed by atoms with van der Waals surface area (Å²) in [5.41, 5.74) is 1.32. The molecule has 0 radical (unpaired) electrons. The van der Waals surface area contributed by atoms with Gasteiger partial charge in [0.15, 0.2) is 0 Å². The van der Waals surface area contributed by atoms with E-state index in [9.17, 15) is 0 Å². The molecule has 0 nitrogen and oxygen atoms in total. The van der Waals surface area contributed by atoms with E-state index in [-0.39, 0.29) is 0 Å². The van der Waals surface area contributed by atoms with Gasteiger partial charge < -0.3 is 0 Å². The van der Waals surface area contributed by atoms with Crippen molar-refractivity contribution in [3.8, 4) is 0 Å². The van der Waals surface area contributed by atoms with Crippen LogP contribution < -0.4 is 0 Å². The molecule has 4 heteroatoms. The molecule has 2 aromatic rings. The van der Waals surface area contributed by atoms with Crippen LogP contribution in [0.4, 0.5) is 0 Å². The normalized spacial score (nSPS) is 13.0. The molecule has 0 aliphatic carbocycles. The van der Waals surface area contributed by atoms with Crippen LogP contribution in [-0.4, -0.2) is 0 Å². The Morgan fingerprint density at radius 1 is 1.25 bits per heavy atom. The quantitative estimate of drug-likeness (QED) is 0.580. The molecule has 2 aromatic heterocycles. The van der Waals surface area contributed by atoms with Crippen LogP contribution in [0.3, 0.4) is 0 Å². The van der Waals surface area contributed by atoms with Crippen LogP contribution in [0.25, 0.3) is 0 Å². The highest BCUT2D eigenvalue weighted by Gasteiger charge is 2.16. The zero-order valence-corrected chi connectivity index (χ0v) is 13.9. The maximum atomic E-state index is 3.78. The molecule has 0 aromatic carbocycles. The Morgan fingerprint density at radius 3 is 2.50 bits per heavy atom. The number of hydrogen-bond donors (Lipinski definition) is 0. The summed E-state index contributed by atoms with van der Waals surface area (Å²) in [5.74, 6) is 0. The van der Waals surface area contributed by atoms with Crippen LogP contribution in [-0.2, 0) is 6.42 Å². The SMILES string of the molecule is CCc1ccc(C(Br)c2cc(C)c(Br)s2)s1. The zero-order valence-electron chi connectivity index (χ0n) is 9.09. The molecule has 0 aliphatic heterocycles. The number of halogens is 2. The van der Waals surface area contributed by atoms with E-state index in [1.54, 1.807) is 0 Å². The summed E-state index contributed by atoms with van der Waals surface area (Å²) in [6.07, 6.45) is 1.12. The molecule has 0 N–H and O–H groups in total. The standard InChI is InChI=1S/C12H12Br2S2/c1-3-8-4-5-9(15-8)11(13)10-6-7(2)12(14)16-10/h4-6,11H,3H2,1-2H3. The predicted octanol–water partition coefficient (Wildman–Crippen LogP) is 5.93. The maximum Gasteiger partial charge on any atom is 0.0831 e. The van der Waals surface area contributed by atoms with Gasteiger partial charge in [0.25, 0.3) is 0 Å². The van der Waals surface area contributed by atoms with E-state index in [1.165, 1.54) is 24.0 Å². The fourth-order valence-electron chi connectivity index (χ4n) is 1.47. The Bertz CT molecular complexity index is 465. The molecule has 0 aliphatic rings. The van der Waals surface area contributed by atoms with Crippen molar-refractivity contribution in [1.82, 2.24) is 0 Å². The van der Waals surface area contributed by atoms with Crippen LogP contribution >= 0.6 is 54.5 Å². The first-order valence-electron chi connectivity index (χ1n) is 5.10. The zero-order chi connectivity index (χ0) is 11.7. The second-order valence-corrected chi connectivity index (χ2v) is 8.14. The van der Waals surface area contributed by atoms with E-state index in [0.29, 0.717) is 4.83 Å². The molecule has 0 spiro atoms. The van der Waals surface area contributed by atoms with Crippen molar-refractivity contribution in [3.63, 3.8) is 0 Å². The van der Waals surface area contributed by atoms with Gasteiger partial charge in [-0.1, -0.05) is 22.9 Å². The minimum absolute atomic E-state index is 0.341. The van der Waals surface area contributed by atoms with Crippen molar-refractivity contribution >= 4 is 54.5 Å². The fraction of sp³-hybridized carbons (Fsp3) is 0.333. The van der Waals surface area contributed by atoms with E-state index < -0.39 is 0 Å². The van der Waals surface area contributed by atoms with Gasteiger partial charge in [-0.3, -0.25) is 0 Å². The van der Waals surface area contributed by atoms with Crippen molar-refractivity contribution in [2.45, 2.75) is 25.1 Å². The van der Waals surface area contributed by atoms with Crippen molar-refractivity contribution in [3.05, 3.63) is 42.2 Å². The summed E-state index contributed by atoms with van der Waals surface area (Å²) >= 11 is 11.1. The molecule has 1 unspecified atom stereocenters. The largest absolute Gasteiger partial charge is 0.144 e. The molecule has 2 heterocycles. The number of thiophene rings is 2. The van der Waals surface area contributed by atoms with Crippen LogP contribution in [0.1, 0.15) is 31.9 Å². The van der Waals surface area contributed by atoms with E-state index in [1.807, 2.05) is 22.7 Å². The monoisotopic (exact) mass is 378 g/mol. The average Bonchev–Trinajstić information content (AvgIpc) is 2.86. The van der Waals surface area contributed by atoms with Gasteiger partial charge in [0.1, 0.15) is 0 Å². The topological polar surface area (TPSA) is 0 Å². The van der Waals surface area contributed by atoms with Crippen molar-refractivity contribution in [2.75, 3.05) is 0 Å². The summed E-state index contributed by atoms with van der Waals surface area (Å²) in [6.45, 7) is 4.33. The Balaban J connectivity index is 2.27. The molecule has 0 saturated carbocycles. The lowest BCUT2D eigenvalue weighted by atomic mass is 10.2. The second kappa shape index (κ2) is 5.34. The van der Waals surface area contributed by atoms with Crippen LogP contribution in [0.5, 0.6) is 0 Å². The third-order valence-electron chi connectivity index (χ3n) is 2.41. The lowest BCUT2D eigenvalue weighted by molar-refractivity contribution is 1.19. The predicted molar refractivity (Wildman–Crippen MR) is 81.2 cm³/mol. The Morgan fingerprint density at radius 2 is 2.00 bits per heavy atom. The molecular weight excluding hydrogens is 368 g/mol. The first-order chi connectivity index (χ1) is 7.61. The minimum atomic E-state index is 0.341. The Hall–Kier alpha value is 0.360. The molecule has 1 atom stereocenters. The van der Waals surface area contributed by atoms with Gasteiger partial charge in [-0.15, -0.1) is 22.7 Å². The van der Waals surface area contributed by atoms with E-state index in [2.05, 4.69) is 63.9 Å². The lowest BCUT2D eigenvalue weighted by Gasteiger charge is -2.03. The van der Waals surface area contributed by atoms with Gasteiger partial charge in [0.2, 0.25) is 0 Å². The van der Waals surface area contributed by atoms with Gasteiger partial charge in [-0.2, -0.15) is 0 Å². The van der Waals surface area contributed by atoms with Crippen LogP contribution in [0.15, 0.2) is 22.0 Å². The first-order valence-corrected chi connectivity index (χ1v) is 8.44. The second-order valence-electron chi connectivity index (χ2n) is 3.63. The van der Waals surface area contributed by atoms with Gasteiger partial charge in [0.05, 0.1) is 8.61 Å². The third-order valence-corrected chi connectivity index (χ3v) is 7.50. The maximum absolute atomic E-state index is 3.78. The average molecular weight is 380 g/mol. The highest BCUT2D eigenvalue weighted by atomic mass is 79.9. The minimum Gasteiger partial charge on any atom is -0.144 e. The fourth-order valence-corrected chi connectivity index (χ4v) is 4.91. The Labute approximate surface area is 121 Å². The van der Waals surface area contributed by atoms with Crippen molar-refractivity contribution < 1.29 is 0 Å². The van der Waals surface area contributed by atoms with Crippen molar-refractivity contribution in [2.24, 2.45) is 0 Å². The van der Waals surface area contributed by atoms with E-state index in [0.717, 1.165) is 6.42 Å².